The number of alkyl halides is 1. The van der Waals surface area contributed by atoms with Crippen LogP contribution in [0.5, 0.6) is 0 Å². The number of non-ortho nitro benzene ring substituents is 1. The number of hydrogen-bond donors (Lipinski definition) is 1. The lowest BCUT2D eigenvalue weighted by molar-refractivity contribution is -0.393. The zero-order chi connectivity index (χ0) is 24.9. The van der Waals surface area contributed by atoms with Crippen molar-refractivity contribution < 1.29 is 38.3 Å². The maximum absolute atomic E-state index is 11.1. The van der Waals surface area contributed by atoms with E-state index in [0.717, 1.165) is 6.07 Å². The number of nitrogens with zero attached hydrogens (tertiary/aromatic N) is 2. The van der Waals surface area contributed by atoms with Crippen LogP contribution in [0.25, 0.3) is 0 Å². The zero-order valence-electron chi connectivity index (χ0n) is 19.0. The summed E-state index contributed by atoms with van der Waals surface area (Å²) >= 11 is 5.48. The fourth-order valence-electron chi connectivity index (χ4n) is 2.45. The molecule has 0 fully saturated rings. The normalized spacial score (nSPS) is 11.0. The average Bonchev–Trinajstić information content (AvgIpc) is 2.82. The van der Waals surface area contributed by atoms with Gasteiger partial charge in [0.25, 0.3) is 11.4 Å². The molecule has 0 bridgehead atoms. The van der Waals surface area contributed by atoms with E-state index in [0.29, 0.717) is 85.1 Å². The Morgan fingerprint density at radius 1 is 0.676 bits per heavy atom. The largest absolute Gasteiger partial charge is 0.378 e. The summed E-state index contributed by atoms with van der Waals surface area (Å²) < 4.78 is 32.0. The fraction of sp³-hybridized carbons (Fsp3) is 0.700. The SMILES string of the molecule is O=[N+]([O-])c1ccc(NCCOCCOCCOCCOCCOCCOCCCl)c([N+](=O)[O-])c1. The van der Waals surface area contributed by atoms with E-state index in [4.69, 9.17) is 40.0 Å². The van der Waals surface area contributed by atoms with E-state index in [9.17, 15) is 20.2 Å². The van der Waals surface area contributed by atoms with Crippen LogP contribution in [0.1, 0.15) is 0 Å². The highest BCUT2D eigenvalue weighted by molar-refractivity contribution is 6.17. The van der Waals surface area contributed by atoms with Gasteiger partial charge in [-0.2, -0.15) is 0 Å². The molecule has 0 amide bonds. The van der Waals surface area contributed by atoms with Gasteiger partial charge in [0.1, 0.15) is 5.69 Å². The molecule has 1 rings (SSSR count). The third-order valence-electron chi connectivity index (χ3n) is 4.03. The second-order valence-electron chi connectivity index (χ2n) is 6.51. The molecule has 1 aromatic rings. The van der Waals surface area contributed by atoms with Gasteiger partial charge in [-0.05, 0) is 6.07 Å². The average molecular weight is 510 g/mol. The van der Waals surface area contributed by atoms with Crippen molar-refractivity contribution in [3.63, 3.8) is 0 Å². The maximum atomic E-state index is 11.1. The van der Waals surface area contributed by atoms with Crippen LogP contribution in [0.4, 0.5) is 17.1 Å². The summed E-state index contributed by atoms with van der Waals surface area (Å²) in [6.45, 7) is 5.62. The number of nitro groups is 2. The van der Waals surface area contributed by atoms with Gasteiger partial charge in [0.2, 0.25) is 0 Å². The Labute approximate surface area is 202 Å². The van der Waals surface area contributed by atoms with Crippen molar-refractivity contribution in [1.82, 2.24) is 0 Å². The molecule has 14 heteroatoms. The highest BCUT2D eigenvalue weighted by Gasteiger charge is 2.18. The van der Waals surface area contributed by atoms with Crippen LogP contribution < -0.4 is 5.32 Å². The van der Waals surface area contributed by atoms with E-state index in [2.05, 4.69) is 5.32 Å². The van der Waals surface area contributed by atoms with Gasteiger partial charge in [-0.1, -0.05) is 0 Å². The quantitative estimate of drug-likeness (QED) is 0.0999. The predicted octanol–water partition coefficient (Wildman–Crippen LogP) is 2.25. The molecule has 0 heterocycles. The van der Waals surface area contributed by atoms with Gasteiger partial charge in [0, 0.05) is 18.5 Å². The summed E-state index contributed by atoms with van der Waals surface area (Å²) in [5, 5.41) is 24.7. The van der Waals surface area contributed by atoms with Crippen molar-refractivity contribution in [2.75, 3.05) is 97.0 Å². The Balaban J connectivity index is 1.90. The number of halogens is 1. The molecule has 0 aromatic heterocycles. The first-order valence-corrected chi connectivity index (χ1v) is 11.3. The highest BCUT2D eigenvalue weighted by Crippen LogP contribution is 2.28. The van der Waals surface area contributed by atoms with Crippen molar-refractivity contribution in [3.8, 4) is 0 Å². The third kappa shape index (κ3) is 14.9. The number of ether oxygens (including phenoxy) is 6. The molecular weight excluding hydrogens is 478 g/mol. The summed E-state index contributed by atoms with van der Waals surface area (Å²) in [5.74, 6) is 0.476. The number of nitro benzene ring substituents is 2. The first-order valence-electron chi connectivity index (χ1n) is 10.8. The van der Waals surface area contributed by atoms with Gasteiger partial charge in [-0.3, -0.25) is 20.2 Å². The molecular formula is C20H32ClN3O10. The van der Waals surface area contributed by atoms with Gasteiger partial charge in [-0.25, -0.2) is 0 Å². The van der Waals surface area contributed by atoms with Gasteiger partial charge in [0.05, 0.1) is 95.2 Å². The van der Waals surface area contributed by atoms with Crippen LogP contribution in [0.3, 0.4) is 0 Å². The van der Waals surface area contributed by atoms with Crippen molar-refractivity contribution in [3.05, 3.63) is 38.4 Å². The lowest BCUT2D eigenvalue weighted by Crippen LogP contribution is -2.15. The van der Waals surface area contributed by atoms with Gasteiger partial charge < -0.3 is 33.7 Å². The van der Waals surface area contributed by atoms with Gasteiger partial charge in [0.15, 0.2) is 0 Å². The van der Waals surface area contributed by atoms with Gasteiger partial charge >= 0.3 is 0 Å². The Morgan fingerprint density at radius 2 is 1.12 bits per heavy atom. The molecule has 0 aliphatic rings. The second-order valence-corrected chi connectivity index (χ2v) is 6.88. The van der Waals surface area contributed by atoms with Crippen LogP contribution >= 0.6 is 11.6 Å². The van der Waals surface area contributed by atoms with E-state index in [1.807, 2.05) is 0 Å². The standard InChI is InChI=1S/C20H32ClN3O10/c21-3-5-29-7-9-31-11-13-33-15-16-34-14-12-32-10-8-30-6-4-22-19-2-1-18(23(25)26)17-20(19)24(27)28/h1-2,17,22H,3-16H2. The highest BCUT2D eigenvalue weighted by atomic mass is 35.5. The van der Waals surface area contributed by atoms with Crippen molar-refractivity contribution in [1.29, 1.82) is 0 Å². The molecule has 0 aliphatic carbocycles. The first-order chi connectivity index (χ1) is 16.6. The fourth-order valence-corrected chi connectivity index (χ4v) is 2.56. The van der Waals surface area contributed by atoms with Crippen LogP contribution in [0.2, 0.25) is 0 Å². The minimum atomic E-state index is -0.681. The summed E-state index contributed by atoms with van der Waals surface area (Å²) in [6.07, 6.45) is 0. The van der Waals surface area contributed by atoms with Crippen molar-refractivity contribution in [2.45, 2.75) is 0 Å². The molecule has 0 saturated carbocycles. The second kappa shape index (κ2) is 20.3. The Hall–Kier alpha value is -2.13. The molecule has 1 N–H and O–H groups in total. The summed E-state index contributed by atoms with van der Waals surface area (Å²) in [6, 6.07) is 3.43. The van der Waals surface area contributed by atoms with Crippen LogP contribution in [-0.2, 0) is 28.4 Å². The smallest absolute Gasteiger partial charge is 0.299 e. The zero-order valence-corrected chi connectivity index (χ0v) is 19.7. The molecule has 0 unspecified atom stereocenters. The molecule has 1 aromatic carbocycles. The Bertz CT molecular complexity index is 699. The molecule has 194 valence electrons. The lowest BCUT2D eigenvalue weighted by Gasteiger charge is -2.09. The summed E-state index contributed by atoms with van der Waals surface area (Å²) in [4.78, 5) is 20.5. The van der Waals surface area contributed by atoms with E-state index < -0.39 is 9.85 Å². The van der Waals surface area contributed by atoms with E-state index in [1.54, 1.807) is 0 Å². The monoisotopic (exact) mass is 509 g/mol. The minimum absolute atomic E-state index is 0.191. The Kier molecular flexibility index (Phi) is 17.8. The molecule has 0 aliphatic heterocycles. The molecule has 0 spiro atoms. The number of rotatable bonds is 23. The minimum Gasteiger partial charge on any atom is -0.378 e. The van der Waals surface area contributed by atoms with E-state index in [-0.39, 0.29) is 23.7 Å². The molecule has 0 radical (unpaired) electrons. The molecule has 34 heavy (non-hydrogen) atoms. The van der Waals surface area contributed by atoms with E-state index in [1.165, 1.54) is 12.1 Å². The van der Waals surface area contributed by atoms with Crippen molar-refractivity contribution >= 4 is 28.7 Å². The molecule has 13 nitrogen and oxygen atoms in total. The van der Waals surface area contributed by atoms with Crippen LogP contribution in [-0.4, -0.2) is 102 Å². The molecule has 0 atom stereocenters. The third-order valence-corrected chi connectivity index (χ3v) is 4.19. The Morgan fingerprint density at radius 3 is 1.53 bits per heavy atom. The number of nitrogens with one attached hydrogen (secondary N) is 1. The van der Waals surface area contributed by atoms with Crippen molar-refractivity contribution in [2.24, 2.45) is 0 Å². The summed E-state index contributed by atoms with van der Waals surface area (Å²) in [7, 11) is 0. The van der Waals surface area contributed by atoms with E-state index >= 15 is 0 Å². The lowest BCUT2D eigenvalue weighted by atomic mass is 10.2. The van der Waals surface area contributed by atoms with Crippen LogP contribution in [0, 0.1) is 20.2 Å². The predicted molar refractivity (Wildman–Crippen MR) is 124 cm³/mol. The number of anilines is 1. The van der Waals surface area contributed by atoms with Crippen LogP contribution in [0.15, 0.2) is 18.2 Å². The topological polar surface area (TPSA) is 154 Å². The number of hydrogen-bond acceptors (Lipinski definition) is 11. The first kappa shape index (κ1) is 29.9. The summed E-state index contributed by atoms with van der Waals surface area (Å²) in [5.41, 5.74) is -0.509. The van der Waals surface area contributed by atoms with Gasteiger partial charge in [-0.15, -0.1) is 11.6 Å². The maximum Gasteiger partial charge on any atom is 0.299 e. The number of benzene rings is 1. The molecule has 0 saturated heterocycles.